The highest BCUT2D eigenvalue weighted by Crippen LogP contribution is 2.25. The third kappa shape index (κ3) is 4.61. The number of carbonyl (C=O) groups is 1. The van der Waals surface area contributed by atoms with Gasteiger partial charge in [-0.1, -0.05) is 24.3 Å². The van der Waals surface area contributed by atoms with Crippen LogP contribution in [-0.4, -0.2) is 49.4 Å². The molecule has 1 fully saturated rings. The highest BCUT2D eigenvalue weighted by molar-refractivity contribution is 7.91. The number of carbonyl (C=O) groups excluding carboxylic acids is 1. The Morgan fingerprint density at radius 2 is 2.00 bits per heavy atom. The molecule has 0 aliphatic carbocycles. The number of rotatable bonds is 5. The largest absolute Gasteiger partial charge is 0.354 e. The maximum absolute atomic E-state index is 12.2. The number of nitrogens with one attached hydrogen (secondary N) is 1. The first-order chi connectivity index (χ1) is 11.8. The van der Waals surface area contributed by atoms with Gasteiger partial charge in [0.2, 0.25) is 5.91 Å². The Hall–Kier alpha value is -1.40. The lowest BCUT2D eigenvalue weighted by Crippen LogP contribution is -2.53. The van der Waals surface area contributed by atoms with Gasteiger partial charge >= 0.3 is 0 Å². The molecule has 1 unspecified atom stereocenters. The zero-order chi connectivity index (χ0) is 18.1. The first-order valence-electron chi connectivity index (χ1n) is 9.04. The van der Waals surface area contributed by atoms with Crippen LogP contribution in [-0.2, 0) is 27.6 Å². The van der Waals surface area contributed by atoms with Crippen LogP contribution >= 0.6 is 0 Å². The zero-order valence-electron chi connectivity index (χ0n) is 15.1. The highest BCUT2D eigenvalue weighted by Gasteiger charge is 2.32. The number of fused-ring (bicyclic) bond motifs is 1. The smallest absolute Gasteiger partial charge is 0.220 e. The molecule has 2 heterocycles. The Balaban J connectivity index is 1.51. The highest BCUT2D eigenvalue weighted by atomic mass is 32.2. The van der Waals surface area contributed by atoms with Crippen LogP contribution in [0.1, 0.15) is 37.8 Å². The van der Waals surface area contributed by atoms with Crippen molar-refractivity contribution in [2.24, 2.45) is 5.92 Å². The van der Waals surface area contributed by atoms with Crippen LogP contribution in [0.4, 0.5) is 0 Å². The normalized spacial score (nSPS) is 23.2. The lowest BCUT2D eigenvalue weighted by molar-refractivity contribution is -0.122. The molecule has 5 nitrogen and oxygen atoms in total. The van der Waals surface area contributed by atoms with E-state index in [4.69, 9.17) is 0 Å². The zero-order valence-corrected chi connectivity index (χ0v) is 15.9. The molecule has 0 aromatic heterocycles. The minimum atomic E-state index is -2.92. The lowest BCUT2D eigenvalue weighted by atomic mass is 9.94. The standard InChI is InChI=1S/C19H28N2O3S/c1-19(2,21-9-7-16-5-3-4-6-17(16)12-21)14-20-18(22)11-15-8-10-25(23,24)13-15/h3-6,15H,7-14H2,1-2H3,(H,20,22). The van der Waals surface area contributed by atoms with E-state index in [0.29, 0.717) is 19.4 Å². The average Bonchev–Trinajstić information content (AvgIpc) is 2.91. The second kappa shape index (κ2) is 7.08. The van der Waals surface area contributed by atoms with Crippen molar-refractivity contribution in [2.75, 3.05) is 24.6 Å². The fraction of sp³-hybridized carbons (Fsp3) is 0.632. The van der Waals surface area contributed by atoms with Crippen LogP contribution in [0.25, 0.3) is 0 Å². The molecule has 0 radical (unpaired) electrons. The van der Waals surface area contributed by atoms with Crippen molar-refractivity contribution in [3.05, 3.63) is 35.4 Å². The van der Waals surface area contributed by atoms with Gasteiger partial charge in [0.1, 0.15) is 0 Å². The molecule has 0 saturated carbocycles. The van der Waals surface area contributed by atoms with Crippen molar-refractivity contribution in [1.82, 2.24) is 10.2 Å². The van der Waals surface area contributed by atoms with E-state index in [1.165, 1.54) is 11.1 Å². The summed E-state index contributed by atoms with van der Waals surface area (Å²) in [6.07, 6.45) is 1.97. The third-order valence-corrected chi connectivity index (χ3v) is 7.34. The monoisotopic (exact) mass is 364 g/mol. The summed E-state index contributed by atoms with van der Waals surface area (Å²) in [6.45, 7) is 6.77. The van der Waals surface area contributed by atoms with Gasteiger partial charge < -0.3 is 5.32 Å². The fourth-order valence-corrected chi connectivity index (χ4v) is 5.67. The summed E-state index contributed by atoms with van der Waals surface area (Å²) in [5.74, 6) is 0.332. The van der Waals surface area contributed by atoms with Crippen LogP contribution in [0.3, 0.4) is 0 Å². The van der Waals surface area contributed by atoms with Gasteiger partial charge in [-0.15, -0.1) is 0 Å². The van der Waals surface area contributed by atoms with Gasteiger partial charge in [-0.2, -0.15) is 0 Å². The first kappa shape index (κ1) is 18.4. The maximum Gasteiger partial charge on any atom is 0.220 e. The minimum Gasteiger partial charge on any atom is -0.354 e. The molecule has 1 aromatic rings. The summed E-state index contributed by atoms with van der Waals surface area (Å²) in [5, 5.41) is 3.02. The van der Waals surface area contributed by atoms with E-state index < -0.39 is 9.84 Å². The molecule has 1 aromatic carbocycles. The summed E-state index contributed by atoms with van der Waals surface area (Å²) >= 11 is 0. The van der Waals surface area contributed by atoms with Crippen LogP contribution in [0.15, 0.2) is 24.3 Å². The SMILES string of the molecule is CC(C)(CNC(=O)CC1CCS(=O)(=O)C1)N1CCc2ccccc2C1. The van der Waals surface area contributed by atoms with E-state index in [1.807, 2.05) is 0 Å². The molecule has 1 saturated heterocycles. The number of sulfone groups is 1. The number of nitrogens with zero attached hydrogens (tertiary/aromatic N) is 1. The van der Waals surface area contributed by atoms with Gasteiger partial charge in [0.15, 0.2) is 9.84 Å². The minimum absolute atomic E-state index is 0.0185. The van der Waals surface area contributed by atoms with E-state index in [-0.39, 0.29) is 28.9 Å². The van der Waals surface area contributed by atoms with Gasteiger partial charge in [0.25, 0.3) is 0 Å². The van der Waals surface area contributed by atoms with Gasteiger partial charge in [0.05, 0.1) is 11.5 Å². The summed E-state index contributed by atoms with van der Waals surface area (Å²) in [6, 6.07) is 8.53. The van der Waals surface area contributed by atoms with Crippen LogP contribution in [0.2, 0.25) is 0 Å². The summed E-state index contributed by atoms with van der Waals surface area (Å²) in [7, 11) is -2.92. The molecule has 1 N–H and O–H groups in total. The Labute approximate surface area is 150 Å². The summed E-state index contributed by atoms with van der Waals surface area (Å²) < 4.78 is 23.0. The van der Waals surface area contributed by atoms with Crippen molar-refractivity contribution < 1.29 is 13.2 Å². The Kier molecular flexibility index (Phi) is 5.21. The molecular weight excluding hydrogens is 336 g/mol. The van der Waals surface area contributed by atoms with E-state index in [0.717, 1.165) is 19.5 Å². The Morgan fingerprint density at radius 3 is 2.68 bits per heavy atom. The summed E-state index contributed by atoms with van der Waals surface area (Å²) in [4.78, 5) is 14.6. The molecular formula is C19H28N2O3S. The Bertz CT molecular complexity index is 743. The molecule has 3 rings (SSSR count). The molecule has 1 amide bonds. The van der Waals surface area contributed by atoms with Crippen molar-refractivity contribution in [3.8, 4) is 0 Å². The van der Waals surface area contributed by atoms with Crippen molar-refractivity contribution >= 4 is 15.7 Å². The summed E-state index contributed by atoms with van der Waals surface area (Å²) in [5.41, 5.74) is 2.65. The van der Waals surface area contributed by atoms with Crippen LogP contribution < -0.4 is 5.32 Å². The number of amides is 1. The van der Waals surface area contributed by atoms with Crippen LogP contribution in [0.5, 0.6) is 0 Å². The number of hydrogen-bond acceptors (Lipinski definition) is 4. The van der Waals surface area contributed by atoms with E-state index in [2.05, 4.69) is 48.3 Å². The molecule has 6 heteroatoms. The molecule has 2 aliphatic heterocycles. The quantitative estimate of drug-likeness (QED) is 0.865. The topological polar surface area (TPSA) is 66.5 Å². The van der Waals surface area contributed by atoms with Gasteiger partial charge in [-0.3, -0.25) is 9.69 Å². The average molecular weight is 365 g/mol. The van der Waals surface area contributed by atoms with Crippen molar-refractivity contribution in [1.29, 1.82) is 0 Å². The molecule has 1 atom stereocenters. The second-order valence-electron chi connectivity index (χ2n) is 8.00. The molecule has 0 bridgehead atoms. The van der Waals surface area contributed by atoms with E-state index in [9.17, 15) is 13.2 Å². The lowest BCUT2D eigenvalue weighted by Gasteiger charge is -2.41. The van der Waals surface area contributed by atoms with Gasteiger partial charge in [-0.25, -0.2) is 8.42 Å². The maximum atomic E-state index is 12.2. The van der Waals surface area contributed by atoms with Gasteiger partial charge in [-0.05, 0) is 43.7 Å². The van der Waals surface area contributed by atoms with Crippen molar-refractivity contribution in [3.63, 3.8) is 0 Å². The molecule has 138 valence electrons. The second-order valence-corrected chi connectivity index (χ2v) is 10.2. The van der Waals surface area contributed by atoms with Crippen molar-refractivity contribution in [2.45, 2.75) is 45.2 Å². The van der Waals surface area contributed by atoms with E-state index >= 15 is 0 Å². The first-order valence-corrected chi connectivity index (χ1v) is 10.9. The van der Waals surface area contributed by atoms with E-state index in [1.54, 1.807) is 0 Å². The Morgan fingerprint density at radius 1 is 1.28 bits per heavy atom. The molecule has 25 heavy (non-hydrogen) atoms. The van der Waals surface area contributed by atoms with Gasteiger partial charge in [0, 0.05) is 31.6 Å². The third-order valence-electron chi connectivity index (χ3n) is 5.51. The van der Waals surface area contributed by atoms with Crippen LogP contribution in [0, 0.1) is 5.92 Å². The molecule has 2 aliphatic rings. The fourth-order valence-electron chi connectivity index (χ4n) is 3.81. The number of hydrogen-bond donors (Lipinski definition) is 1. The number of benzene rings is 1. The molecule has 0 spiro atoms. The predicted octanol–water partition coefficient (Wildman–Crippen LogP) is 1.76. The predicted molar refractivity (Wildman–Crippen MR) is 99.0 cm³/mol.